The predicted molar refractivity (Wildman–Crippen MR) is 67.6 cm³/mol. The van der Waals surface area contributed by atoms with Gasteiger partial charge in [-0.15, -0.1) is 0 Å². The van der Waals surface area contributed by atoms with Gasteiger partial charge in [-0.2, -0.15) is 0 Å². The summed E-state index contributed by atoms with van der Waals surface area (Å²) in [6, 6.07) is 0.415. The first-order chi connectivity index (χ1) is 7.70. The van der Waals surface area contributed by atoms with Crippen molar-refractivity contribution < 1.29 is 0 Å². The van der Waals surface area contributed by atoms with Gasteiger partial charge in [0.05, 0.1) is 6.33 Å². The molecule has 4 nitrogen and oxygen atoms in total. The molecule has 0 amide bonds. The van der Waals surface area contributed by atoms with E-state index in [1.165, 1.54) is 25.6 Å². The smallest absolute Gasteiger partial charge is 0.267 e. The lowest BCUT2D eigenvalue weighted by molar-refractivity contribution is 0.584. The van der Waals surface area contributed by atoms with Gasteiger partial charge in [0.1, 0.15) is 10.3 Å². The van der Waals surface area contributed by atoms with Crippen molar-refractivity contribution in [2.24, 2.45) is 5.92 Å². The molecule has 1 aromatic heterocycles. The van der Waals surface area contributed by atoms with Crippen LogP contribution in [0.1, 0.15) is 32.6 Å². The lowest BCUT2D eigenvalue weighted by atomic mass is 10.1. The second-order valence-corrected chi connectivity index (χ2v) is 5.12. The lowest BCUT2D eigenvalue weighted by Crippen LogP contribution is -2.22. The van der Waals surface area contributed by atoms with Gasteiger partial charge >= 0.3 is 0 Å². The Balaban J connectivity index is 2.05. The highest BCUT2D eigenvalue weighted by Gasteiger charge is 2.25. The molecular formula is C11H16BrN3O. The summed E-state index contributed by atoms with van der Waals surface area (Å²) in [4.78, 5) is 18.0. The van der Waals surface area contributed by atoms with Crippen LogP contribution in [0.15, 0.2) is 15.6 Å². The number of hydrogen-bond acceptors (Lipinski definition) is 3. The molecule has 1 fully saturated rings. The summed E-state index contributed by atoms with van der Waals surface area (Å²) >= 11 is 3.25. The zero-order chi connectivity index (χ0) is 11.5. The maximum absolute atomic E-state index is 11.4. The van der Waals surface area contributed by atoms with Crippen molar-refractivity contribution >= 4 is 21.7 Å². The Bertz CT molecular complexity index is 414. The van der Waals surface area contributed by atoms with E-state index in [4.69, 9.17) is 0 Å². The van der Waals surface area contributed by atoms with Crippen molar-refractivity contribution in [2.75, 3.05) is 5.32 Å². The summed E-state index contributed by atoms with van der Waals surface area (Å²) in [6.45, 7) is 2.15. The summed E-state index contributed by atoms with van der Waals surface area (Å²) in [5.41, 5.74) is -0.140. The summed E-state index contributed by atoms with van der Waals surface area (Å²) in [5, 5.41) is 3.33. The number of aromatic amines is 1. The minimum atomic E-state index is -0.140. The first kappa shape index (κ1) is 11.6. The van der Waals surface area contributed by atoms with Crippen molar-refractivity contribution in [1.29, 1.82) is 0 Å². The highest BCUT2D eigenvalue weighted by molar-refractivity contribution is 9.10. The number of hydrogen-bond donors (Lipinski definition) is 2. The summed E-state index contributed by atoms with van der Waals surface area (Å²) < 4.78 is 0.490. The van der Waals surface area contributed by atoms with E-state index in [2.05, 4.69) is 38.1 Å². The van der Waals surface area contributed by atoms with Crippen LogP contribution in [0.3, 0.4) is 0 Å². The zero-order valence-electron chi connectivity index (χ0n) is 9.29. The molecule has 5 heteroatoms. The van der Waals surface area contributed by atoms with Crippen LogP contribution in [0.4, 0.5) is 5.82 Å². The van der Waals surface area contributed by atoms with E-state index in [9.17, 15) is 4.79 Å². The van der Waals surface area contributed by atoms with E-state index in [0.717, 1.165) is 12.3 Å². The molecule has 0 radical (unpaired) electrons. The molecule has 1 atom stereocenters. The SMILES string of the molecule is CCC(CC1CC1)Nc1nc[nH]c(=O)c1Br. The number of halogens is 1. The fourth-order valence-corrected chi connectivity index (χ4v) is 2.09. The van der Waals surface area contributed by atoms with Gasteiger partial charge in [0.15, 0.2) is 0 Å². The van der Waals surface area contributed by atoms with Gasteiger partial charge in [-0.05, 0) is 34.7 Å². The highest BCUT2D eigenvalue weighted by Crippen LogP contribution is 2.34. The molecule has 0 aromatic carbocycles. The van der Waals surface area contributed by atoms with Gasteiger partial charge in [0.2, 0.25) is 0 Å². The third-order valence-electron chi connectivity index (χ3n) is 2.94. The zero-order valence-corrected chi connectivity index (χ0v) is 10.9. The lowest BCUT2D eigenvalue weighted by Gasteiger charge is -2.17. The van der Waals surface area contributed by atoms with Gasteiger partial charge in [0, 0.05) is 6.04 Å². The number of anilines is 1. The van der Waals surface area contributed by atoms with Crippen molar-refractivity contribution in [3.05, 3.63) is 21.2 Å². The minimum Gasteiger partial charge on any atom is -0.366 e. The number of rotatable bonds is 5. The van der Waals surface area contributed by atoms with Crippen LogP contribution < -0.4 is 10.9 Å². The number of nitrogens with one attached hydrogen (secondary N) is 2. The molecular weight excluding hydrogens is 270 g/mol. The standard InChI is InChI=1S/C11H16BrN3O/c1-2-8(5-7-3-4-7)15-10-9(12)11(16)14-6-13-10/h6-8H,2-5H2,1H3,(H2,13,14,15,16). The van der Waals surface area contributed by atoms with Gasteiger partial charge < -0.3 is 10.3 Å². The summed E-state index contributed by atoms with van der Waals surface area (Å²) in [6.07, 6.45) is 6.36. The number of nitrogens with zero attached hydrogens (tertiary/aromatic N) is 1. The van der Waals surface area contributed by atoms with Crippen molar-refractivity contribution in [3.63, 3.8) is 0 Å². The number of aromatic nitrogens is 2. The van der Waals surface area contributed by atoms with Crippen LogP contribution in [-0.2, 0) is 0 Å². The second kappa shape index (κ2) is 4.99. The molecule has 1 aliphatic rings. The van der Waals surface area contributed by atoms with Crippen molar-refractivity contribution in [1.82, 2.24) is 9.97 Å². The van der Waals surface area contributed by atoms with Crippen LogP contribution in [0.5, 0.6) is 0 Å². The Morgan fingerprint density at radius 2 is 2.44 bits per heavy atom. The minimum absolute atomic E-state index is 0.140. The van der Waals surface area contributed by atoms with Crippen LogP contribution in [0.2, 0.25) is 0 Å². The van der Waals surface area contributed by atoms with Crippen LogP contribution in [-0.4, -0.2) is 16.0 Å². The van der Waals surface area contributed by atoms with E-state index >= 15 is 0 Å². The van der Waals surface area contributed by atoms with Gasteiger partial charge in [-0.25, -0.2) is 4.98 Å². The average Bonchev–Trinajstić information content (AvgIpc) is 3.07. The summed E-state index contributed by atoms with van der Waals surface area (Å²) in [5.74, 6) is 1.52. The monoisotopic (exact) mass is 285 g/mol. The molecule has 1 saturated carbocycles. The topological polar surface area (TPSA) is 57.8 Å². The third-order valence-corrected chi connectivity index (χ3v) is 3.68. The van der Waals surface area contributed by atoms with Crippen molar-refractivity contribution in [3.8, 4) is 0 Å². The molecule has 0 bridgehead atoms. The Hall–Kier alpha value is -0.840. The Labute approximate surface area is 103 Å². The first-order valence-corrected chi connectivity index (χ1v) is 6.49. The molecule has 1 aromatic rings. The van der Waals surface area contributed by atoms with E-state index in [0.29, 0.717) is 16.3 Å². The Morgan fingerprint density at radius 3 is 3.06 bits per heavy atom. The molecule has 0 saturated heterocycles. The van der Waals surface area contributed by atoms with Crippen LogP contribution >= 0.6 is 15.9 Å². The highest BCUT2D eigenvalue weighted by atomic mass is 79.9. The molecule has 1 heterocycles. The fourth-order valence-electron chi connectivity index (χ4n) is 1.76. The molecule has 2 rings (SSSR count). The van der Waals surface area contributed by atoms with Gasteiger partial charge in [0.25, 0.3) is 5.56 Å². The molecule has 0 spiro atoms. The van der Waals surface area contributed by atoms with E-state index in [-0.39, 0.29) is 5.56 Å². The quantitative estimate of drug-likeness (QED) is 0.874. The maximum Gasteiger partial charge on any atom is 0.267 e. The van der Waals surface area contributed by atoms with Crippen LogP contribution in [0.25, 0.3) is 0 Å². The van der Waals surface area contributed by atoms with E-state index in [1.807, 2.05) is 0 Å². The van der Waals surface area contributed by atoms with E-state index < -0.39 is 0 Å². The third kappa shape index (κ3) is 2.84. The predicted octanol–water partition coefficient (Wildman–Crippen LogP) is 2.52. The van der Waals surface area contributed by atoms with Crippen LogP contribution in [0, 0.1) is 5.92 Å². The van der Waals surface area contributed by atoms with E-state index in [1.54, 1.807) is 0 Å². The first-order valence-electron chi connectivity index (χ1n) is 5.70. The van der Waals surface area contributed by atoms with Crippen molar-refractivity contribution in [2.45, 2.75) is 38.6 Å². The molecule has 0 aliphatic heterocycles. The summed E-state index contributed by atoms with van der Waals surface area (Å²) in [7, 11) is 0. The molecule has 2 N–H and O–H groups in total. The maximum atomic E-state index is 11.4. The Morgan fingerprint density at radius 1 is 1.69 bits per heavy atom. The molecule has 88 valence electrons. The Kier molecular flexibility index (Phi) is 3.63. The normalized spacial score (nSPS) is 17.1. The van der Waals surface area contributed by atoms with Gasteiger partial charge in [-0.1, -0.05) is 19.8 Å². The fraction of sp³-hybridized carbons (Fsp3) is 0.636. The molecule has 1 aliphatic carbocycles. The second-order valence-electron chi connectivity index (χ2n) is 4.32. The van der Waals surface area contributed by atoms with Gasteiger partial charge in [-0.3, -0.25) is 4.79 Å². The number of H-pyrrole nitrogens is 1. The molecule has 16 heavy (non-hydrogen) atoms. The largest absolute Gasteiger partial charge is 0.366 e. The average molecular weight is 286 g/mol. The molecule has 1 unspecified atom stereocenters.